The fourth-order valence-electron chi connectivity index (χ4n) is 3.49. The summed E-state index contributed by atoms with van der Waals surface area (Å²) in [6.07, 6.45) is 3.03. The average Bonchev–Trinajstić information content (AvgIpc) is 2.72. The molecule has 1 saturated carbocycles. The van der Waals surface area contributed by atoms with Gasteiger partial charge in [0.1, 0.15) is 0 Å². The van der Waals surface area contributed by atoms with E-state index in [1.807, 2.05) is 24.3 Å². The van der Waals surface area contributed by atoms with Crippen LogP contribution in [-0.2, 0) is 0 Å². The molecule has 1 fully saturated rings. The van der Waals surface area contributed by atoms with Crippen molar-refractivity contribution in [2.24, 2.45) is 17.1 Å². The van der Waals surface area contributed by atoms with Crippen LogP contribution in [0.5, 0.6) is 0 Å². The van der Waals surface area contributed by atoms with Crippen molar-refractivity contribution >= 4 is 11.6 Å². The minimum Gasteiger partial charge on any atom is -0.392 e. The fraction of sp³-hybridized carbons (Fsp3) is 0.625. The summed E-state index contributed by atoms with van der Waals surface area (Å²) < 4.78 is 0. The lowest BCUT2D eigenvalue weighted by molar-refractivity contribution is 0.0346. The quantitative estimate of drug-likeness (QED) is 0.886. The van der Waals surface area contributed by atoms with Crippen molar-refractivity contribution < 1.29 is 5.11 Å². The Hall–Kier alpha value is -0.570. The van der Waals surface area contributed by atoms with Gasteiger partial charge in [0.15, 0.2) is 0 Å². The zero-order valence-corrected chi connectivity index (χ0v) is 12.5. The first-order valence-electron chi connectivity index (χ1n) is 7.10. The Morgan fingerprint density at radius 2 is 2.11 bits per heavy atom. The molecule has 0 spiro atoms. The van der Waals surface area contributed by atoms with Crippen molar-refractivity contribution in [1.29, 1.82) is 0 Å². The Bertz CT molecular complexity index is 433. The summed E-state index contributed by atoms with van der Waals surface area (Å²) in [5, 5.41) is 11.5. The summed E-state index contributed by atoms with van der Waals surface area (Å²) in [6.45, 7) is 4.92. The number of rotatable bonds is 4. The summed E-state index contributed by atoms with van der Waals surface area (Å²) in [7, 11) is 0. The Kier molecular flexibility index (Phi) is 4.54. The van der Waals surface area contributed by atoms with E-state index < -0.39 is 6.10 Å². The molecule has 1 aromatic carbocycles. The molecule has 106 valence electrons. The van der Waals surface area contributed by atoms with E-state index in [0.29, 0.717) is 17.5 Å². The van der Waals surface area contributed by atoms with Crippen molar-refractivity contribution in [3.8, 4) is 0 Å². The lowest BCUT2D eigenvalue weighted by atomic mass is 9.73. The number of nitrogens with two attached hydrogens (primary N) is 1. The minimum absolute atomic E-state index is 0.0731. The first-order valence-corrected chi connectivity index (χ1v) is 7.47. The molecule has 0 aliphatic heterocycles. The van der Waals surface area contributed by atoms with Gasteiger partial charge in [-0.1, -0.05) is 50.1 Å². The first-order chi connectivity index (χ1) is 8.97. The number of aliphatic hydroxyl groups is 1. The molecule has 3 unspecified atom stereocenters. The van der Waals surface area contributed by atoms with Crippen molar-refractivity contribution in [2.45, 2.75) is 45.1 Å². The molecule has 19 heavy (non-hydrogen) atoms. The van der Waals surface area contributed by atoms with Crippen LogP contribution in [0.15, 0.2) is 24.3 Å². The fourth-order valence-corrected chi connectivity index (χ4v) is 3.77. The summed E-state index contributed by atoms with van der Waals surface area (Å²) >= 11 is 6.25. The van der Waals surface area contributed by atoms with Gasteiger partial charge in [-0.2, -0.15) is 0 Å². The van der Waals surface area contributed by atoms with Gasteiger partial charge in [-0.25, -0.2) is 0 Å². The van der Waals surface area contributed by atoms with E-state index in [-0.39, 0.29) is 11.3 Å². The lowest BCUT2D eigenvalue weighted by Crippen LogP contribution is -2.37. The molecular weight excluding hydrogens is 258 g/mol. The van der Waals surface area contributed by atoms with Gasteiger partial charge in [0.05, 0.1) is 6.10 Å². The number of aliphatic hydroxyl groups excluding tert-OH is 1. The second kappa shape index (κ2) is 5.82. The van der Waals surface area contributed by atoms with Crippen LogP contribution in [0.25, 0.3) is 0 Å². The highest BCUT2D eigenvalue weighted by Crippen LogP contribution is 2.47. The molecule has 3 atom stereocenters. The zero-order chi connectivity index (χ0) is 14.0. The van der Waals surface area contributed by atoms with Gasteiger partial charge < -0.3 is 10.8 Å². The standard InChI is InChI=1S/C16H24ClNO/c1-16(2)9-5-7-13(16)15(19)12(10-18)11-6-3-4-8-14(11)17/h3-4,6,8,12-13,15,19H,5,7,9-10,18H2,1-2H3. The molecular formula is C16H24ClNO. The van der Waals surface area contributed by atoms with Gasteiger partial charge in [-0.15, -0.1) is 0 Å². The highest BCUT2D eigenvalue weighted by atomic mass is 35.5. The molecule has 3 N–H and O–H groups in total. The molecule has 0 bridgehead atoms. The summed E-state index contributed by atoms with van der Waals surface area (Å²) in [5.41, 5.74) is 7.07. The van der Waals surface area contributed by atoms with Crippen LogP contribution < -0.4 is 5.73 Å². The van der Waals surface area contributed by atoms with Gasteiger partial charge in [-0.3, -0.25) is 0 Å². The van der Waals surface area contributed by atoms with Crippen LogP contribution in [0.2, 0.25) is 5.02 Å². The van der Waals surface area contributed by atoms with E-state index in [9.17, 15) is 5.11 Å². The molecule has 0 amide bonds. The molecule has 1 aliphatic carbocycles. The Labute approximate surface area is 121 Å². The minimum atomic E-state index is -0.414. The lowest BCUT2D eigenvalue weighted by Gasteiger charge is -2.35. The summed E-state index contributed by atoms with van der Waals surface area (Å²) in [4.78, 5) is 0. The first kappa shape index (κ1) is 14.8. The van der Waals surface area contributed by atoms with E-state index in [0.717, 1.165) is 12.0 Å². The number of halogens is 1. The normalized spacial score (nSPS) is 25.2. The molecule has 0 saturated heterocycles. The van der Waals surface area contributed by atoms with E-state index in [1.165, 1.54) is 12.8 Å². The van der Waals surface area contributed by atoms with Crippen LogP contribution in [-0.4, -0.2) is 17.8 Å². The van der Waals surface area contributed by atoms with Gasteiger partial charge in [0, 0.05) is 17.5 Å². The highest BCUT2D eigenvalue weighted by Gasteiger charge is 2.42. The molecule has 1 aromatic rings. The largest absolute Gasteiger partial charge is 0.392 e. The Morgan fingerprint density at radius 3 is 2.63 bits per heavy atom. The van der Waals surface area contributed by atoms with Crippen LogP contribution in [0.4, 0.5) is 0 Å². The van der Waals surface area contributed by atoms with Gasteiger partial charge in [0.2, 0.25) is 0 Å². The van der Waals surface area contributed by atoms with E-state index >= 15 is 0 Å². The zero-order valence-electron chi connectivity index (χ0n) is 11.8. The molecule has 1 aliphatic rings. The predicted molar refractivity (Wildman–Crippen MR) is 80.4 cm³/mol. The second-order valence-electron chi connectivity index (χ2n) is 6.34. The number of hydrogen-bond acceptors (Lipinski definition) is 2. The van der Waals surface area contributed by atoms with Gasteiger partial charge >= 0.3 is 0 Å². The smallest absolute Gasteiger partial charge is 0.0654 e. The van der Waals surface area contributed by atoms with Gasteiger partial charge in [-0.05, 0) is 35.8 Å². The van der Waals surface area contributed by atoms with Crippen LogP contribution >= 0.6 is 11.6 Å². The molecule has 0 radical (unpaired) electrons. The average molecular weight is 282 g/mol. The number of benzene rings is 1. The maximum absolute atomic E-state index is 10.8. The van der Waals surface area contributed by atoms with Crippen LogP contribution in [0.3, 0.4) is 0 Å². The van der Waals surface area contributed by atoms with Crippen molar-refractivity contribution in [3.05, 3.63) is 34.9 Å². The third kappa shape index (κ3) is 2.96. The molecule has 2 rings (SSSR count). The van der Waals surface area contributed by atoms with Gasteiger partial charge in [0.25, 0.3) is 0 Å². The summed E-state index contributed by atoms with van der Waals surface area (Å²) in [6, 6.07) is 7.71. The van der Waals surface area contributed by atoms with Crippen LogP contribution in [0.1, 0.15) is 44.6 Å². The topological polar surface area (TPSA) is 46.2 Å². The SMILES string of the molecule is CC1(C)CCCC1C(O)C(CN)c1ccccc1Cl. The van der Waals surface area contributed by atoms with E-state index in [4.69, 9.17) is 17.3 Å². The van der Waals surface area contributed by atoms with Crippen LogP contribution in [0, 0.1) is 11.3 Å². The maximum atomic E-state index is 10.8. The third-order valence-corrected chi connectivity index (χ3v) is 5.07. The summed E-state index contributed by atoms with van der Waals surface area (Å²) in [5.74, 6) is 0.230. The van der Waals surface area contributed by atoms with Crippen molar-refractivity contribution in [2.75, 3.05) is 6.54 Å². The molecule has 3 heteroatoms. The number of hydrogen-bond donors (Lipinski definition) is 2. The monoisotopic (exact) mass is 281 g/mol. The Morgan fingerprint density at radius 1 is 1.42 bits per heavy atom. The molecule has 0 aromatic heterocycles. The predicted octanol–water partition coefficient (Wildman–Crippen LogP) is 3.57. The molecule has 2 nitrogen and oxygen atoms in total. The third-order valence-electron chi connectivity index (χ3n) is 4.72. The van der Waals surface area contributed by atoms with E-state index in [2.05, 4.69) is 13.8 Å². The Balaban J connectivity index is 2.25. The van der Waals surface area contributed by atoms with Crippen molar-refractivity contribution in [3.63, 3.8) is 0 Å². The second-order valence-corrected chi connectivity index (χ2v) is 6.75. The highest BCUT2D eigenvalue weighted by molar-refractivity contribution is 6.31. The maximum Gasteiger partial charge on any atom is 0.0654 e. The molecule has 0 heterocycles. The van der Waals surface area contributed by atoms with E-state index in [1.54, 1.807) is 0 Å². The van der Waals surface area contributed by atoms with Crippen molar-refractivity contribution in [1.82, 2.24) is 0 Å².